The molecule has 0 unspecified atom stereocenters. The summed E-state index contributed by atoms with van der Waals surface area (Å²) in [6.07, 6.45) is 1.10. The van der Waals surface area contributed by atoms with Crippen molar-refractivity contribution in [2.24, 2.45) is 5.92 Å². The molecule has 0 aromatic heterocycles. The van der Waals surface area contributed by atoms with Gasteiger partial charge in [0, 0.05) is 24.5 Å². The smallest absolute Gasteiger partial charge is 0.261 e. The average Bonchev–Trinajstić information content (AvgIpc) is 2.89. The molecule has 3 aromatic rings. The van der Waals surface area contributed by atoms with Crippen molar-refractivity contribution in [2.75, 3.05) is 30.2 Å². The number of ether oxygens (including phenoxy) is 1. The van der Waals surface area contributed by atoms with Gasteiger partial charge in [0.2, 0.25) is 15.9 Å². The third-order valence-corrected chi connectivity index (χ3v) is 9.19. The Morgan fingerprint density at radius 3 is 2.14 bits per heavy atom. The van der Waals surface area contributed by atoms with Crippen molar-refractivity contribution in [2.45, 2.75) is 22.6 Å². The van der Waals surface area contributed by atoms with Crippen LogP contribution in [-0.4, -0.2) is 47.2 Å². The van der Waals surface area contributed by atoms with E-state index in [1.165, 1.54) is 47.8 Å². The van der Waals surface area contributed by atoms with Crippen LogP contribution in [-0.2, 0) is 24.8 Å². The lowest BCUT2D eigenvalue weighted by Crippen LogP contribution is -2.43. The van der Waals surface area contributed by atoms with Crippen molar-refractivity contribution in [3.8, 4) is 5.75 Å². The summed E-state index contributed by atoms with van der Waals surface area (Å²) < 4.78 is 60.2. The predicted molar refractivity (Wildman–Crippen MR) is 137 cm³/mol. The van der Waals surface area contributed by atoms with Gasteiger partial charge < -0.3 is 10.1 Å². The van der Waals surface area contributed by atoms with Crippen LogP contribution in [0.1, 0.15) is 12.8 Å². The minimum Gasteiger partial charge on any atom is -0.497 e. The number of methoxy groups -OCH3 is 1. The molecule has 0 saturated carbocycles. The van der Waals surface area contributed by atoms with E-state index in [2.05, 4.69) is 10.0 Å². The first-order valence-corrected chi connectivity index (χ1v) is 14.2. The fourth-order valence-electron chi connectivity index (χ4n) is 3.95. The molecular formula is C25H27N3O6S2. The molecule has 9 nitrogen and oxygen atoms in total. The van der Waals surface area contributed by atoms with Crippen LogP contribution in [0.5, 0.6) is 5.75 Å². The van der Waals surface area contributed by atoms with Crippen LogP contribution in [0, 0.1) is 5.92 Å². The molecule has 1 atom stereocenters. The molecule has 2 N–H and O–H groups in total. The van der Waals surface area contributed by atoms with Gasteiger partial charge in [0.25, 0.3) is 10.0 Å². The number of nitrogens with zero attached hydrogens (tertiary/aromatic N) is 1. The topological polar surface area (TPSA) is 122 Å². The van der Waals surface area contributed by atoms with Gasteiger partial charge in [-0.05, 0) is 73.5 Å². The second-order valence-electron chi connectivity index (χ2n) is 8.36. The number of piperidine rings is 1. The summed E-state index contributed by atoms with van der Waals surface area (Å²) in [5, 5.41) is 2.77. The van der Waals surface area contributed by atoms with Crippen LogP contribution in [0.4, 0.5) is 11.4 Å². The van der Waals surface area contributed by atoms with Crippen LogP contribution in [0.3, 0.4) is 0 Å². The molecule has 1 saturated heterocycles. The Morgan fingerprint density at radius 1 is 0.861 bits per heavy atom. The molecule has 1 aliphatic rings. The molecule has 1 heterocycles. The molecule has 0 spiro atoms. The summed E-state index contributed by atoms with van der Waals surface area (Å²) in [5.41, 5.74) is 0.870. The summed E-state index contributed by atoms with van der Waals surface area (Å²) in [6.45, 7) is 0.396. The fourth-order valence-corrected chi connectivity index (χ4v) is 6.54. The molecule has 1 amide bonds. The SMILES string of the molecule is COc1ccc(S(=O)(=O)N2CCC[C@@H](C(=O)Nc3ccc(S(=O)(=O)Nc4ccccc4)cc3)C2)cc1. The number of para-hydroxylation sites is 1. The zero-order valence-corrected chi connectivity index (χ0v) is 21.3. The first kappa shape index (κ1) is 25.7. The molecule has 3 aromatic carbocycles. The highest BCUT2D eigenvalue weighted by Crippen LogP contribution is 2.26. The largest absolute Gasteiger partial charge is 0.497 e. The molecule has 36 heavy (non-hydrogen) atoms. The van der Waals surface area contributed by atoms with E-state index in [0.29, 0.717) is 36.5 Å². The fraction of sp³-hybridized carbons (Fsp3) is 0.240. The van der Waals surface area contributed by atoms with Crippen LogP contribution in [0.25, 0.3) is 0 Å². The molecule has 11 heteroatoms. The van der Waals surface area contributed by atoms with Crippen molar-refractivity contribution in [1.29, 1.82) is 0 Å². The normalized spacial score (nSPS) is 16.8. The van der Waals surface area contributed by atoms with Crippen molar-refractivity contribution in [1.82, 2.24) is 4.31 Å². The first-order chi connectivity index (χ1) is 17.2. The minimum atomic E-state index is -3.78. The Labute approximate surface area is 211 Å². The number of hydrogen-bond donors (Lipinski definition) is 2. The Kier molecular flexibility index (Phi) is 7.62. The highest BCUT2D eigenvalue weighted by Gasteiger charge is 2.33. The second-order valence-corrected chi connectivity index (χ2v) is 12.0. The Balaban J connectivity index is 1.40. The van der Waals surface area contributed by atoms with Gasteiger partial charge in [-0.3, -0.25) is 9.52 Å². The van der Waals surface area contributed by atoms with Crippen LogP contribution < -0.4 is 14.8 Å². The van der Waals surface area contributed by atoms with Crippen molar-refractivity contribution in [3.05, 3.63) is 78.9 Å². The maximum absolute atomic E-state index is 13.1. The van der Waals surface area contributed by atoms with E-state index in [-0.39, 0.29) is 22.2 Å². The molecule has 1 fully saturated rings. The molecule has 0 aliphatic carbocycles. The number of rotatable bonds is 8. The number of sulfonamides is 2. The summed E-state index contributed by atoms with van der Waals surface area (Å²) in [4.78, 5) is 13.1. The molecule has 4 rings (SSSR count). The summed E-state index contributed by atoms with van der Waals surface area (Å²) in [5.74, 6) is -0.294. The highest BCUT2D eigenvalue weighted by atomic mass is 32.2. The second kappa shape index (κ2) is 10.7. The lowest BCUT2D eigenvalue weighted by atomic mass is 9.99. The van der Waals surface area contributed by atoms with E-state index >= 15 is 0 Å². The number of hydrogen-bond acceptors (Lipinski definition) is 6. The molecular weight excluding hydrogens is 502 g/mol. The number of carbonyl (C=O) groups excluding carboxylic acids is 1. The van der Waals surface area contributed by atoms with Crippen LogP contribution in [0.2, 0.25) is 0 Å². The number of nitrogens with one attached hydrogen (secondary N) is 2. The molecule has 0 radical (unpaired) electrons. The van der Waals surface area contributed by atoms with Gasteiger partial charge in [-0.15, -0.1) is 0 Å². The zero-order chi connectivity index (χ0) is 25.8. The quantitative estimate of drug-likeness (QED) is 0.460. The monoisotopic (exact) mass is 529 g/mol. The van der Waals surface area contributed by atoms with E-state index in [1.807, 2.05) is 0 Å². The zero-order valence-electron chi connectivity index (χ0n) is 19.6. The standard InChI is InChI=1S/C25H27N3O6S2/c1-34-22-11-15-24(16-12-22)36(32,33)28-17-5-6-19(18-28)25(29)26-20-9-13-23(14-10-20)35(30,31)27-21-7-3-2-4-8-21/h2-4,7-16,19,27H,5-6,17-18H2,1H3,(H,26,29)/t19-/m1/s1. The van der Waals surface area contributed by atoms with Crippen molar-refractivity contribution < 1.29 is 26.4 Å². The number of amides is 1. The summed E-state index contributed by atoms with van der Waals surface area (Å²) in [6, 6.07) is 20.5. The van der Waals surface area contributed by atoms with Gasteiger partial charge in [0.05, 0.1) is 22.8 Å². The van der Waals surface area contributed by atoms with E-state index in [0.717, 1.165) is 0 Å². The Hall–Kier alpha value is -3.41. The van der Waals surface area contributed by atoms with Crippen molar-refractivity contribution in [3.63, 3.8) is 0 Å². The maximum Gasteiger partial charge on any atom is 0.261 e. The van der Waals surface area contributed by atoms with Crippen LogP contribution >= 0.6 is 0 Å². The Bertz CT molecular complexity index is 1410. The summed E-state index contributed by atoms with van der Waals surface area (Å²) >= 11 is 0. The average molecular weight is 530 g/mol. The highest BCUT2D eigenvalue weighted by molar-refractivity contribution is 7.92. The van der Waals surface area contributed by atoms with Gasteiger partial charge in [0.1, 0.15) is 5.75 Å². The minimum absolute atomic E-state index is 0.0544. The lowest BCUT2D eigenvalue weighted by Gasteiger charge is -2.31. The third-order valence-electron chi connectivity index (χ3n) is 5.91. The molecule has 0 bridgehead atoms. The van der Waals surface area contributed by atoms with Crippen LogP contribution in [0.15, 0.2) is 88.7 Å². The van der Waals surface area contributed by atoms with E-state index in [4.69, 9.17) is 4.74 Å². The van der Waals surface area contributed by atoms with Gasteiger partial charge in [-0.1, -0.05) is 18.2 Å². The van der Waals surface area contributed by atoms with Gasteiger partial charge in [0.15, 0.2) is 0 Å². The van der Waals surface area contributed by atoms with E-state index in [9.17, 15) is 21.6 Å². The lowest BCUT2D eigenvalue weighted by molar-refractivity contribution is -0.120. The van der Waals surface area contributed by atoms with E-state index in [1.54, 1.807) is 42.5 Å². The first-order valence-electron chi connectivity index (χ1n) is 11.3. The maximum atomic E-state index is 13.1. The molecule has 190 valence electrons. The van der Waals surface area contributed by atoms with Gasteiger partial charge in [-0.2, -0.15) is 4.31 Å². The Morgan fingerprint density at radius 2 is 1.50 bits per heavy atom. The molecule has 1 aliphatic heterocycles. The van der Waals surface area contributed by atoms with E-state index < -0.39 is 26.0 Å². The number of anilines is 2. The van der Waals surface area contributed by atoms with Crippen molar-refractivity contribution >= 4 is 37.3 Å². The third kappa shape index (κ3) is 5.86. The summed E-state index contributed by atoms with van der Waals surface area (Å²) in [7, 11) is -6.02. The van der Waals surface area contributed by atoms with Gasteiger partial charge in [-0.25, -0.2) is 16.8 Å². The predicted octanol–water partition coefficient (Wildman–Crippen LogP) is 3.54. The van der Waals surface area contributed by atoms with Gasteiger partial charge >= 0.3 is 0 Å². The number of carbonyl (C=O) groups is 1. The number of benzene rings is 3.